The van der Waals surface area contributed by atoms with Crippen LogP contribution in [0.4, 0.5) is 11.4 Å². The molecule has 1 saturated heterocycles. The van der Waals surface area contributed by atoms with Gasteiger partial charge in [-0.2, -0.15) is 5.26 Å². The first kappa shape index (κ1) is 20.4. The molecule has 6 nitrogen and oxygen atoms in total. The first-order chi connectivity index (χ1) is 14.1. The molecule has 0 atom stereocenters. The Morgan fingerprint density at radius 2 is 2.07 bits per heavy atom. The highest BCUT2D eigenvalue weighted by Crippen LogP contribution is 2.23. The topological polar surface area (TPSA) is 74.6 Å². The molecule has 6 heteroatoms. The molecule has 0 radical (unpaired) electrons. The van der Waals surface area contributed by atoms with E-state index in [-0.39, 0.29) is 5.57 Å². The molecule has 0 saturated carbocycles. The van der Waals surface area contributed by atoms with Crippen LogP contribution in [0, 0.1) is 18.3 Å². The highest BCUT2D eigenvalue weighted by Gasteiger charge is 2.14. The number of hydrogen-bond acceptors (Lipinski definition) is 5. The Morgan fingerprint density at radius 3 is 2.76 bits per heavy atom. The third-order valence-corrected chi connectivity index (χ3v) is 4.70. The fourth-order valence-corrected chi connectivity index (χ4v) is 3.17. The molecular formula is C23H25N3O3. The summed E-state index contributed by atoms with van der Waals surface area (Å²) in [6, 6.07) is 15.2. The van der Waals surface area contributed by atoms with Crippen LogP contribution < -0.4 is 15.0 Å². The molecule has 29 heavy (non-hydrogen) atoms. The van der Waals surface area contributed by atoms with Crippen molar-refractivity contribution in [1.29, 1.82) is 5.26 Å². The lowest BCUT2D eigenvalue weighted by Crippen LogP contribution is -2.36. The van der Waals surface area contributed by atoms with E-state index in [4.69, 9.17) is 9.47 Å². The Kier molecular flexibility index (Phi) is 6.88. The van der Waals surface area contributed by atoms with Crippen LogP contribution in [0.2, 0.25) is 0 Å². The number of nitrogens with one attached hydrogen (secondary N) is 1. The summed E-state index contributed by atoms with van der Waals surface area (Å²) in [4.78, 5) is 14.8. The minimum Gasteiger partial charge on any atom is -0.494 e. The van der Waals surface area contributed by atoms with Crippen LogP contribution in [0.3, 0.4) is 0 Å². The summed E-state index contributed by atoms with van der Waals surface area (Å²) < 4.78 is 10.8. The summed E-state index contributed by atoms with van der Waals surface area (Å²) >= 11 is 0. The number of amides is 1. The van der Waals surface area contributed by atoms with Crippen molar-refractivity contribution in [3.63, 3.8) is 0 Å². The highest BCUT2D eigenvalue weighted by molar-refractivity contribution is 6.09. The normalized spacial score (nSPS) is 14.2. The smallest absolute Gasteiger partial charge is 0.266 e. The molecule has 2 aromatic carbocycles. The Hall–Kier alpha value is -3.30. The summed E-state index contributed by atoms with van der Waals surface area (Å²) in [5.74, 6) is 0.222. The molecule has 1 fully saturated rings. The molecule has 1 aliphatic heterocycles. The van der Waals surface area contributed by atoms with Gasteiger partial charge in [-0.05, 0) is 55.3 Å². The Labute approximate surface area is 171 Å². The lowest BCUT2D eigenvalue weighted by molar-refractivity contribution is -0.112. The zero-order valence-corrected chi connectivity index (χ0v) is 16.8. The van der Waals surface area contributed by atoms with Crippen LogP contribution >= 0.6 is 0 Å². The minimum atomic E-state index is -0.446. The van der Waals surface area contributed by atoms with Gasteiger partial charge >= 0.3 is 0 Å². The molecule has 2 aromatic rings. The van der Waals surface area contributed by atoms with Gasteiger partial charge in [0.1, 0.15) is 17.4 Å². The van der Waals surface area contributed by atoms with Crippen molar-refractivity contribution in [3.8, 4) is 11.8 Å². The Morgan fingerprint density at radius 1 is 1.28 bits per heavy atom. The van der Waals surface area contributed by atoms with Gasteiger partial charge in [-0.25, -0.2) is 0 Å². The monoisotopic (exact) mass is 391 g/mol. The first-order valence-corrected chi connectivity index (χ1v) is 9.70. The number of morpholine rings is 1. The van der Waals surface area contributed by atoms with Gasteiger partial charge in [0.25, 0.3) is 5.91 Å². The number of anilines is 2. The number of hydrogen-bond donors (Lipinski definition) is 1. The maximum absolute atomic E-state index is 12.6. The standard InChI is InChI=1S/C23H25N3O3/c1-3-29-22-6-4-5-20(15-22)25-23(27)19(16-24)14-18-7-8-21(13-17(18)2)26-9-11-28-12-10-26/h4-8,13-15H,3,9-12H2,1-2H3,(H,25,27)/b19-14-. The Bertz CT molecular complexity index is 941. The van der Waals surface area contributed by atoms with E-state index in [2.05, 4.69) is 16.3 Å². The van der Waals surface area contributed by atoms with Gasteiger partial charge in [-0.3, -0.25) is 4.79 Å². The first-order valence-electron chi connectivity index (χ1n) is 9.70. The molecule has 0 aliphatic carbocycles. The predicted octanol–water partition coefficient (Wildman–Crippen LogP) is 3.78. The number of rotatable bonds is 6. The fraction of sp³-hybridized carbons (Fsp3) is 0.304. The van der Waals surface area contributed by atoms with Crippen LogP contribution in [-0.4, -0.2) is 38.8 Å². The van der Waals surface area contributed by atoms with Crippen molar-refractivity contribution in [1.82, 2.24) is 0 Å². The van der Waals surface area contributed by atoms with Gasteiger partial charge in [-0.1, -0.05) is 12.1 Å². The number of carbonyl (C=O) groups excluding carboxylic acids is 1. The van der Waals surface area contributed by atoms with E-state index < -0.39 is 5.91 Å². The molecule has 150 valence electrons. The second-order valence-electron chi connectivity index (χ2n) is 6.73. The molecule has 0 aromatic heterocycles. The van der Waals surface area contributed by atoms with Crippen LogP contribution in [0.25, 0.3) is 6.08 Å². The van der Waals surface area contributed by atoms with E-state index in [9.17, 15) is 10.1 Å². The molecule has 0 unspecified atom stereocenters. The maximum atomic E-state index is 12.6. The zero-order valence-electron chi connectivity index (χ0n) is 16.8. The number of carbonyl (C=O) groups is 1. The summed E-state index contributed by atoms with van der Waals surface area (Å²) in [6.45, 7) is 7.60. The lowest BCUT2D eigenvalue weighted by atomic mass is 10.0. The molecule has 0 spiro atoms. The molecule has 1 amide bonds. The van der Waals surface area contributed by atoms with Crippen molar-refractivity contribution in [3.05, 3.63) is 59.2 Å². The van der Waals surface area contributed by atoms with Gasteiger partial charge in [0.2, 0.25) is 0 Å². The van der Waals surface area contributed by atoms with E-state index in [0.717, 1.165) is 43.1 Å². The molecule has 3 rings (SSSR count). The van der Waals surface area contributed by atoms with Crippen molar-refractivity contribution in [2.75, 3.05) is 43.1 Å². The second-order valence-corrected chi connectivity index (χ2v) is 6.73. The molecule has 1 heterocycles. The van der Waals surface area contributed by atoms with Gasteiger partial charge < -0.3 is 19.7 Å². The summed E-state index contributed by atoms with van der Waals surface area (Å²) in [5.41, 5.74) is 3.61. The lowest BCUT2D eigenvalue weighted by Gasteiger charge is -2.29. The van der Waals surface area contributed by atoms with E-state index in [1.165, 1.54) is 0 Å². The summed E-state index contributed by atoms with van der Waals surface area (Å²) in [6.07, 6.45) is 1.63. The number of ether oxygens (including phenoxy) is 2. The molecule has 1 N–H and O–H groups in total. The number of nitrogens with zero attached hydrogens (tertiary/aromatic N) is 2. The molecular weight excluding hydrogens is 366 g/mol. The van der Waals surface area contributed by atoms with Crippen molar-refractivity contribution < 1.29 is 14.3 Å². The second kappa shape index (κ2) is 9.76. The third-order valence-electron chi connectivity index (χ3n) is 4.70. The van der Waals surface area contributed by atoms with Crippen LogP contribution in [0.5, 0.6) is 5.75 Å². The number of aryl methyl sites for hydroxylation is 1. The van der Waals surface area contributed by atoms with E-state index >= 15 is 0 Å². The van der Waals surface area contributed by atoms with Crippen LogP contribution in [0.1, 0.15) is 18.1 Å². The fourth-order valence-electron chi connectivity index (χ4n) is 3.17. The number of nitriles is 1. The largest absolute Gasteiger partial charge is 0.494 e. The highest BCUT2D eigenvalue weighted by atomic mass is 16.5. The average molecular weight is 391 g/mol. The van der Waals surface area contributed by atoms with Gasteiger partial charge in [-0.15, -0.1) is 0 Å². The molecule has 0 bridgehead atoms. The quantitative estimate of drug-likeness (QED) is 0.599. The minimum absolute atomic E-state index is 0.0500. The SMILES string of the molecule is CCOc1cccc(NC(=O)/C(C#N)=C\c2ccc(N3CCOCC3)cc2C)c1. The van der Waals surface area contributed by atoms with Gasteiger partial charge in [0, 0.05) is 30.5 Å². The van der Waals surface area contributed by atoms with Crippen LogP contribution in [-0.2, 0) is 9.53 Å². The van der Waals surface area contributed by atoms with E-state index in [0.29, 0.717) is 18.0 Å². The van der Waals surface area contributed by atoms with E-state index in [1.54, 1.807) is 24.3 Å². The Balaban J connectivity index is 1.75. The number of benzene rings is 2. The zero-order chi connectivity index (χ0) is 20.6. The van der Waals surface area contributed by atoms with Crippen LogP contribution in [0.15, 0.2) is 48.0 Å². The van der Waals surface area contributed by atoms with Crippen molar-refractivity contribution >= 4 is 23.4 Å². The molecule has 1 aliphatic rings. The predicted molar refractivity (Wildman–Crippen MR) is 114 cm³/mol. The van der Waals surface area contributed by atoms with Crippen molar-refractivity contribution in [2.45, 2.75) is 13.8 Å². The average Bonchev–Trinajstić information content (AvgIpc) is 2.74. The summed E-state index contributed by atoms with van der Waals surface area (Å²) in [7, 11) is 0. The third kappa shape index (κ3) is 5.37. The van der Waals surface area contributed by atoms with E-state index in [1.807, 2.05) is 38.1 Å². The summed E-state index contributed by atoms with van der Waals surface area (Å²) in [5, 5.41) is 12.3. The van der Waals surface area contributed by atoms with Gasteiger partial charge in [0.05, 0.1) is 19.8 Å². The maximum Gasteiger partial charge on any atom is 0.266 e. The van der Waals surface area contributed by atoms with Crippen molar-refractivity contribution in [2.24, 2.45) is 0 Å². The van der Waals surface area contributed by atoms with Gasteiger partial charge in [0.15, 0.2) is 0 Å².